The average Bonchev–Trinajstić information content (AvgIpc) is 2.03. The SMILES string of the molecule is C=C(C=O)c1cccc(O)c1. The molecule has 0 fully saturated rings. The summed E-state index contributed by atoms with van der Waals surface area (Å²) >= 11 is 0. The number of aldehydes is 1. The van der Waals surface area contributed by atoms with Crippen molar-refractivity contribution in [1.29, 1.82) is 0 Å². The molecule has 2 nitrogen and oxygen atoms in total. The lowest BCUT2D eigenvalue weighted by atomic mass is 10.1. The van der Waals surface area contributed by atoms with Gasteiger partial charge in [-0.15, -0.1) is 0 Å². The summed E-state index contributed by atoms with van der Waals surface area (Å²) in [5, 5.41) is 9.00. The molecule has 1 aromatic rings. The molecule has 0 unspecified atom stereocenters. The Morgan fingerprint density at radius 3 is 2.82 bits per heavy atom. The lowest BCUT2D eigenvalue weighted by molar-refractivity contribution is -0.103. The number of phenols is 1. The molecule has 0 radical (unpaired) electrons. The van der Waals surface area contributed by atoms with Crippen LogP contribution in [0.5, 0.6) is 5.75 Å². The predicted octanol–water partition coefficient (Wildman–Crippen LogP) is 1.60. The van der Waals surface area contributed by atoms with Crippen molar-refractivity contribution in [3.8, 4) is 5.75 Å². The van der Waals surface area contributed by atoms with E-state index in [2.05, 4.69) is 6.58 Å². The van der Waals surface area contributed by atoms with Crippen molar-refractivity contribution in [2.45, 2.75) is 0 Å². The van der Waals surface area contributed by atoms with Crippen LogP contribution in [0.3, 0.4) is 0 Å². The van der Waals surface area contributed by atoms with Crippen LogP contribution in [0.15, 0.2) is 30.8 Å². The topological polar surface area (TPSA) is 37.3 Å². The molecule has 56 valence electrons. The van der Waals surface area contributed by atoms with Gasteiger partial charge in [-0.1, -0.05) is 18.7 Å². The van der Waals surface area contributed by atoms with Crippen LogP contribution in [0.4, 0.5) is 0 Å². The number of aromatic hydroxyl groups is 1. The van der Waals surface area contributed by atoms with Gasteiger partial charge in [0.25, 0.3) is 0 Å². The molecule has 0 heterocycles. The molecular weight excluding hydrogens is 140 g/mol. The molecule has 0 aromatic heterocycles. The molecular formula is C9H8O2. The second-order valence-electron chi connectivity index (χ2n) is 2.19. The zero-order valence-electron chi connectivity index (χ0n) is 5.95. The van der Waals surface area contributed by atoms with E-state index in [-0.39, 0.29) is 5.75 Å². The number of hydrogen-bond donors (Lipinski definition) is 1. The first-order chi connectivity index (χ1) is 5.24. The van der Waals surface area contributed by atoms with E-state index >= 15 is 0 Å². The number of hydrogen-bond acceptors (Lipinski definition) is 2. The van der Waals surface area contributed by atoms with Crippen molar-refractivity contribution < 1.29 is 9.90 Å². The molecule has 0 aliphatic heterocycles. The number of benzene rings is 1. The van der Waals surface area contributed by atoms with Gasteiger partial charge in [-0.05, 0) is 17.7 Å². The normalized spacial score (nSPS) is 9.09. The van der Waals surface area contributed by atoms with E-state index in [1.54, 1.807) is 18.2 Å². The van der Waals surface area contributed by atoms with Gasteiger partial charge in [0.1, 0.15) is 12.0 Å². The Balaban J connectivity index is 3.05. The van der Waals surface area contributed by atoms with Gasteiger partial charge in [0, 0.05) is 5.57 Å². The molecule has 0 spiro atoms. The van der Waals surface area contributed by atoms with Gasteiger partial charge in [0.15, 0.2) is 0 Å². The summed E-state index contributed by atoms with van der Waals surface area (Å²) in [7, 11) is 0. The zero-order chi connectivity index (χ0) is 8.27. The van der Waals surface area contributed by atoms with Gasteiger partial charge in [0.05, 0.1) is 0 Å². The van der Waals surface area contributed by atoms with E-state index in [4.69, 9.17) is 5.11 Å². The minimum atomic E-state index is 0.144. The molecule has 0 amide bonds. The summed E-state index contributed by atoms with van der Waals surface area (Å²) in [5.41, 5.74) is 1.03. The van der Waals surface area contributed by atoms with Gasteiger partial charge >= 0.3 is 0 Å². The monoisotopic (exact) mass is 148 g/mol. The van der Waals surface area contributed by atoms with E-state index < -0.39 is 0 Å². The van der Waals surface area contributed by atoms with Crippen molar-refractivity contribution in [2.75, 3.05) is 0 Å². The maximum Gasteiger partial charge on any atom is 0.150 e. The number of carbonyl (C=O) groups is 1. The Labute approximate surface area is 64.8 Å². The fourth-order valence-corrected chi connectivity index (χ4v) is 0.774. The largest absolute Gasteiger partial charge is 0.508 e. The van der Waals surface area contributed by atoms with Crippen LogP contribution in [-0.2, 0) is 4.79 Å². The van der Waals surface area contributed by atoms with Crippen molar-refractivity contribution in [2.24, 2.45) is 0 Å². The maximum atomic E-state index is 10.2. The summed E-state index contributed by atoms with van der Waals surface area (Å²) < 4.78 is 0. The second kappa shape index (κ2) is 3.01. The summed E-state index contributed by atoms with van der Waals surface area (Å²) in [6, 6.07) is 6.42. The van der Waals surface area contributed by atoms with Crippen molar-refractivity contribution >= 4 is 11.9 Å². The van der Waals surface area contributed by atoms with Crippen LogP contribution in [0.2, 0.25) is 0 Å². The highest BCUT2D eigenvalue weighted by Crippen LogP contribution is 2.15. The summed E-state index contributed by atoms with van der Waals surface area (Å²) in [6.07, 6.45) is 0.661. The molecule has 2 heteroatoms. The highest BCUT2D eigenvalue weighted by atomic mass is 16.3. The van der Waals surface area contributed by atoms with Gasteiger partial charge < -0.3 is 5.11 Å². The Morgan fingerprint density at radius 1 is 1.55 bits per heavy atom. The lowest BCUT2D eigenvalue weighted by Gasteiger charge is -1.97. The highest BCUT2D eigenvalue weighted by Gasteiger charge is 1.96. The highest BCUT2D eigenvalue weighted by molar-refractivity contribution is 6.05. The maximum absolute atomic E-state index is 10.2. The molecule has 0 aliphatic carbocycles. The molecule has 0 bridgehead atoms. The third-order valence-corrected chi connectivity index (χ3v) is 1.36. The first-order valence-corrected chi connectivity index (χ1v) is 3.17. The minimum Gasteiger partial charge on any atom is -0.508 e. The third-order valence-electron chi connectivity index (χ3n) is 1.36. The number of rotatable bonds is 2. The molecule has 0 atom stereocenters. The first-order valence-electron chi connectivity index (χ1n) is 3.17. The minimum absolute atomic E-state index is 0.144. The van der Waals surface area contributed by atoms with Crippen LogP contribution in [-0.4, -0.2) is 11.4 Å². The first kappa shape index (κ1) is 7.54. The molecule has 0 saturated heterocycles. The van der Waals surface area contributed by atoms with E-state index in [1.165, 1.54) is 6.07 Å². The van der Waals surface area contributed by atoms with Gasteiger partial charge in [-0.25, -0.2) is 0 Å². The van der Waals surface area contributed by atoms with Crippen molar-refractivity contribution in [3.63, 3.8) is 0 Å². The summed E-state index contributed by atoms with van der Waals surface area (Å²) in [5.74, 6) is 0.144. The average molecular weight is 148 g/mol. The fourth-order valence-electron chi connectivity index (χ4n) is 0.774. The molecule has 1 rings (SSSR count). The van der Waals surface area contributed by atoms with Gasteiger partial charge in [-0.2, -0.15) is 0 Å². The number of phenolic OH excluding ortho intramolecular Hbond substituents is 1. The fraction of sp³-hybridized carbons (Fsp3) is 0. The Hall–Kier alpha value is -1.57. The molecule has 1 aromatic carbocycles. The van der Waals surface area contributed by atoms with E-state index in [0.717, 1.165) is 0 Å². The number of carbonyl (C=O) groups excluding carboxylic acids is 1. The molecule has 0 aliphatic rings. The third kappa shape index (κ3) is 1.67. The van der Waals surface area contributed by atoms with E-state index in [0.29, 0.717) is 17.4 Å². The predicted molar refractivity (Wildman–Crippen MR) is 43.2 cm³/mol. The van der Waals surface area contributed by atoms with Gasteiger partial charge in [-0.3, -0.25) is 4.79 Å². The number of allylic oxidation sites excluding steroid dienone is 1. The smallest absolute Gasteiger partial charge is 0.150 e. The van der Waals surface area contributed by atoms with Crippen molar-refractivity contribution in [3.05, 3.63) is 36.4 Å². The second-order valence-corrected chi connectivity index (χ2v) is 2.19. The van der Waals surface area contributed by atoms with E-state index in [1.807, 2.05) is 0 Å². The Kier molecular flexibility index (Phi) is 2.06. The van der Waals surface area contributed by atoms with Crippen LogP contribution >= 0.6 is 0 Å². The summed E-state index contributed by atoms with van der Waals surface area (Å²) in [4.78, 5) is 10.2. The van der Waals surface area contributed by atoms with E-state index in [9.17, 15) is 4.79 Å². The quantitative estimate of drug-likeness (QED) is 0.511. The van der Waals surface area contributed by atoms with Gasteiger partial charge in [0.2, 0.25) is 0 Å². The summed E-state index contributed by atoms with van der Waals surface area (Å²) in [6.45, 7) is 3.51. The van der Waals surface area contributed by atoms with Crippen LogP contribution in [0.1, 0.15) is 5.56 Å². The Bertz CT molecular complexity index is 289. The Morgan fingerprint density at radius 2 is 2.27 bits per heavy atom. The molecule has 1 N–H and O–H groups in total. The molecule has 0 saturated carbocycles. The standard InChI is InChI=1S/C9H8O2/c1-7(6-10)8-3-2-4-9(11)5-8/h2-6,11H,1H2. The zero-order valence-corrected chi connectivity index (χ0v) is 5.95. The van der Waals surface area contributed by atoms with Crippen LogP contribution in [0.25, 0.3) is 5.57 Å². The lowest BCUT2D eigenvalue weighted by Crippen LogP contribution is -1.81. The van der Waals surface area contributed by atoms with Crippen molar-refractivity contribution in [1.82, 2.24) is 0 Å². The van der Waals surface area contributed by atoms with Crippen LogP contribution < -0.4 is 0 Å². The van der Waals surface area contributed by atoms with Crippen LogP contribution in [0, 0.1) is 0 Å². The molecule has 11 heavy (non-hydrogen) atoms.